The highest BCUT2D eigenvalue weighted by Gasteiger charge is 2.29. The molecule has 0 saturated carbocycles. The minimum atomic E-state index is -0.575. The van der Waals surface area contributed by atoms with Gasteiger partial charge in [-0.15, -0.1) is 0 Å². The lowest BCUT2D eigenvalue weighted by Crippen LogP contribution is -2.51. The van der Waals surface area contributed by atoms with Gasteiger partial charge in [-0.3, -0.25) is 9.69 Å². The zero-order valence-corrected chi connectivity index (χ0v) is 15.3. The third kappa shape index (κ3) is 5.61. The van der Waals surface area contributed by atoms with Crippen LogP contribution in [-0.4, -0.2) is 49.7 Å². The Kier molecular flexibility index (Phi) is 7.08. The highest BCUT2D eigenvalue weighted by atomic mass is 35.5. The molecule has 0 aromatic heterocycles. The summed E-state index contributed by atoms with van der Waals surface area (Å²) in [6, 6.07) is 4.28. The maximum Gasteiger partial charge on any atom is 0.258 e. The minimum absolute atomic E-state index is 0.0187. The van der Waals surface area contributed by atoms with Crippen LogP contribution in [0.2, 0.25) is 5.02 Å². The first kappa shape index (κ1) is 19.5. The second-order valence-electron chi connectivity index (χ2n) is 6.06. The third-order valence-electron chi connectivity index (χ3n) is 4.16. The monoisotopic (exact) mass is 370 g/mol. The fourth-order valence-electron chi connectivity index (χ4n) is 2.94. The maximum atomic E-state index is 13.3. The lowest BCUT2D eigenvalue weighted by molar-refractivity contribution is -0.124. The third-order valence-corrected chi connectivity index (χ3v) is 4.46. The topological polar surface area (TPSA) is 50.8 Å². The molecule has 1 heterocycles. The Balaban J connectivity index is 1.77. The number of piperidine rings is 1. The summed E-state index contributed by atoms with van der Waals surface area (Å²) >= 11 is 5.61. The molecule has 1 aromatic carbocycles. The van der Waals surface area contributed by atoms with E-state index < -0.39 is 5.82 Å². The van der Waals surface area contributed by atoms with Crippen LogP contribution >= 0.6 is 11.6 Å². The van der Waals surface area contributed by atoms with Crippen molar-refractivity contribution < 1.29 is 18.7 Å². The molecule has 1 aliphatic heterocycles. The van der Waals surface area contributed by atoms with Gasteiger partial charge in [0.2, 0.25) is 0 Å². The molecule has 138 valence electrons. The van der Waals surface area contributed by atoms with E-state index in [0.29, 0.717) is 13.2 Å². The van der Waals surface area contributed by atoms with Crippen molar-refractivity contribution in [1.82, 2.24) is 10.2 Å². The van der Waals surface area contributed by atoms with E-state index in [1.165, 1.54) is 12.1 Å². The quantitative estimate of drug-likeness (QED) is 0.750. The van der Waals surface area contributed by atoms with Gasteiger partial charge in [-0.2, -0.15) is 0 Å². The second kappa shape index (κ2) is 9.06. The number of likely N-dealkylation sites (tertiary alicyclic amines) is 1. The predicted octanol–water partition coefficient (Wildman–Crippen LogP) is 2.99. The number of nitrogens with one attached hydrogen (secondary N) is 1. The number of nitrogens with zero attached hydrogens (tertiary/aromatic N) is 1. The zero-order valence-electron chi connectivity index (χ0n) is 14.6. The Bertz CT molecular complexity index is 626. The molecule has 0 unspecified atom stereocenters. The van der Waals surface area contributed by atoms with Gasteiger partial charge in [-0.1, -0.05) is 18.2 Å². The summed E-state index contributed by atoms with van der Waals surface area (Å²) in [6.45, 7) is 7.04. The van der Waals surface area contributed by atoms with E-state index in [0.717, 1.165) is 24.7 Å². The summed E-state index contributed by atoms with van der Waals surface area (Å²) in [6.07, 6.45) is 1.70. The normalized spacial score (nSPS) is 20.8. The number of hydrogen-bond donors (Lipinski definition) is 1. The lowest BCUT2D eigenvalue weighted by Gasteiger charge is -2.37. The van der Waals surface area contributed by atoms with Crippen LogP contribution in [0.5, 0.6) is 5.75 Å². The number of rotatable bonds is 7. The van der Waals surface area contributed by atoms with E-state index in [2.05, 4.69) is 16.8 Å². The van der Waals surface area contributed by atoms with Crippen LogP contribution in [-0.2, 0) is 9.53 Å². The summed E-state index contributed by atoms with van der Waals surface area (Å²) in [7, 11) is 1.99. The van der Waals surface area contributed by atoms with Crippen molar-refractivity contribution in [2.75, 3.05) is 26.8 Å². The van der Waals surface area contributed by atoms with Gasteiger partial charge >= 0.3 is 0 Å². The molecule has 2 atom stereocenters. The van der Waals surface area contributed by atoms with E-state index in [9.17, 15) is 9.18 Å². The summed E-state index contributed by atoms with van der Waals surface area (Å²) in [5, 5.41) is 2.96. The van der Waals surface area contributed by atoms with Crippen LogP contribution in [0, 0.1) is 5.82 Å². The highest BCUT2D eigenvalue weighted by molar-refractivity contribution is 6.30. The van der Waals surface area contributed by atoms with Crippen LogP contribution in [0.4, 0.5) is 4.39 Å². The SMILES string of the molecule is C=C(OCC)[C@H]1CC[C@H](NC(=O)COc2ccc(Cl)c(F)c2)CN1C. The van der Waals surface area contributed by atoms with Gasteiger partial charge in [0.1, 0.15) is 17.3 Å². The minimum Gasteiger partial charge on any atom is -0.497 e. The average molecular weight is 371 g/mol. The van der Waals surface area contributed by atoms with Crippen LogP contribution in [0.25, 0.3) is 0 Å². The first-order chi connectivity index (χ1) is 11.9. The molecule has 0 spiro atoms. The molecule has 0 radical (unpaired) electrons. The fourth-order valence-corrected chi connectivity index (χ4v) is 3.05. The largest absolute Gasteiger partial charge is 0.497 e. The van der Waals surface area contributed by atoms with Gasteiger partial charge in [0.15, 0.2) is 6.61 Å². The number of amides is 1. The van der Waals surface area contributed by atoms with E-state index in [-0.39, 0.29) is 35.4 Å². The fraction of sp³-hybridized carbons (Fsp3) is 0.500. The lowest BCUT2D eigenvalue weighted by atomic mass is 9.98. The molecule has 1 fully saturated rings. The summed E-state index contributed by atoms with van der Waals surface area (Å²) in [5.74, 6) is 0.221. The van der Waals surface area contributed by atoms with Crippen LogP contribution in [0.1, 0.15) is 19.8 Å². The first-order valence-electron chi connectivity index (χ1n) is 8.29. The Morgan fingerprint density at radius 3 is 2.88 bits per heavy atom. The number of benzene rings is 1. The molecule has 25 heavy (non-hydrogen) atoms. The van der Waals surface area contributed by atoms with Gasteiger partial charge in [0.05, 0.1) is 17.7 Å². The van der Waals surface area contributed by atoms with Gasteiger partial charge in [0, 0.05) is 18.7 Å². The average Bonchev–Trinajstić information content (AvgIpc) is 2.56. The van der Waals surface area contributed by atoms with E-state index >= 15 is 0 Å². The number of halogens is 2. The van der Waals surface area contributed by atoms with Crippen molar-refractivity contribution in [3.8, 4) is 5.75 Å². The molecule has 5 nitrogen and oxygen atoms in total. The first-order valence-corrected chi connectivity index (χ1v) is 8.67. The van der Waals surface area contributed by atoms with E-state index in [1.807, 2.05) is 14.0 Å². The summed E-state index contributed by atoms with van der Waals surface area (Å²) < 4.78 is 24.1. The molecule has 0 bridgehead atoms. The molecule has 1 N–H and O–H groups in total. The Morgan fingerprint density at radius 1 is 1.48 bits per heavy atom. The summed E-state index contributed by atoms with van der Waals surface area (Å²) in [4.78, 5) is 14.2. The molecule has 1 amide bonds. The maximum absolute atomic E-state index is 13.3. The number of ether oxygens (including phenoxy) is 2. The predicted molar refractivity (Wildman–Crippen MR) is 95.3 cm³/mol. The Hall–Kier alpha value is -1.79. The molecule has 1 saturated heterocycles. The van der Waals surface area contributed by atoms with Gasteiger partial charge in [-0.05, 0) is 38.9 Å². The van der Waals surface area contributed by atoms with Crippen molar-refractivity contribution >= 4 is 17.5 Å². The van der Waals surface area contributed by atoms with Crippen molar-refractivity contribution in [2.24, 2.45) is 0 Å². The molecule has 1 aliphatic rings. The van der Waals surface area contributed by atoms with E-state index in [4.69, 9.17) is 21.1 Å². The van der Waals surface area contributed by atoms with Crippen LogP contribution in [0.3, 0.4) is 0 Å². The molecule has 7 heteroatoms. The second-order valence-corrected chi connectivity index (χ2v) is 6.47. The molecular weight excluding hydrogens is 347 g/mol. The highest BCUT2D eigenvalue weighted by Crippen LogP contribution is 2.22. The number of carbonyl (C=O) groups excluding carboxylic acids is 1. The Morgan fingerprint density at radius 2 is 2.24 bits per heavy atom. The van der Waals surface area contributed by atoms with Crippen molar-refractivity contribution in [2.45, 2.75) is 31.8 Å². The Labute approximate surface area is 152 Å². The van der Waals surface area contributed by atoms with Crippen LogP contribution < -0.4 is 10.1 Å². The van der Waals surface area contributed by atoms with Gasteiger partial charge in [0.25, 0.3) is 5.91 Å². The zero-order chi connectivity index (χ0) is 18.4. The van der Waals surface area contributed by atoms with Crippen molar-refractivity contribution in [1.29, 1.82) is 0 Å². The molecule has 1 aromatic rings. The number of likely N-dealkylation sites (N-methyl/N-ethyl adjacent to an activating group) is 1. The molecular formula is C18H24ClFN2O3. The van der Waals surface area contributed by atoms with Crippen LogP contribution in [0.15, 0.2) is 30.5 Å². The van der Waals surface area contributed by atoms with Crippen molar-refractivity contribution in [3.05, 3.63) is 41.4 Å². The smallest absolute Gasteiger partial charge is 0.258 e. The number of carbonyl (C=O) groups is 1. The number of hydrogen-bond acceptors (Lipinski definition) is 4. The van der Waals surface area contributed by atoms with Crippen molar-refractivity contribution in [3.63, 3.8) is 0 Å². The molecule has 2 rings (SSSR count). The van der Waals surface area contributed by atoms with Gasteiger partial charge in [-0.25, -0.2) is 4.39 Å². The van der Waals surface area contributed by atoms with E-state index in [1.54, 1.807) is 0 Å². The standard InChI is InChI=1S/C18H24ClFN2O3/c1-4-24-12(2)17-8-5-13(10-22(17)3)21-18(23)11-25-14-6-7-15(19)16(20)9-14/h6-7,9,13,17H,2,4-5,8,10-11H2,1,3H3,(H,21,23)/t13-,17+/m0/s1. The molecule has 0 aliphatic carbocycles. The van der Waals surface area contributed by atoms with Gasteiger partial charge < -0.3 is 14.8 Å². The summed E-state index contributed by atoms with van der Waals surface area (Å²) in [5.41, 5.74) is 0.